The molecule has 0 radical (unpaired) electrons. The summed E-state index contributed by atoms with van der Waals surface area (Å²) in [5, 5.41) is 6.55. The molecule has 25 heavy (non-hydrogen) atoms. The molecular formula is C19H23FN4S. The molecule has 0 unspecified atom stereocenters. The highest BCUT2D eigenvalue weighted by molar-refractivity contribution is 7.71. The number of nitrogens with one attached hydrogen (secondary N) is 2. The first-order chi connectivity index (χ1) is 12.1. The molecule has 0 spiro atoms. The first-order valence-electron chi connectivity index (χ1n) is 9.27. The molecular weight excluding hydrogens is 335 g/mol. The summed E-state index contributed by atoms with van der Waals surface area (Å²) in [6.07, 6.45) is 7.99. The number of benzene rings is 1. The third kappa shape index (κ3) is 2.62. The molecule has 1 aromatic carbocycles. The van der Waals surface area contributed by atoms with Crippen LogP contribution in [0.5, 0.6) is 0 Å². The van der Waals surface area contributed by atoms with Gasteiger partial charge in [-0.15, -0.1) is 0 Å². The van der Waals surface area contributed by atoms with Gasteiger partial charge >= 0.3 is 0 Å². The molecule has 2 aromatic rings. The monoisotopic (exact) mass is 358 g/mol. The molecule has 4 saturated carbocycles. The van der Waals surface area contributed by atoms with E-state index in [1.165, 1.54) is 44.6 Å². The van der Waals surface area contributed by atoms with Crippen LogP contribution in [0.4, 0.5) is 10.1 Å². The molecule has 4 bridgehead atoms. The zero-order valence-corrected chi connectivity index (χ0v) is 15.0. The molecule has 1 aromatic heterocycles. The van der Waals surface area contributed by atoms with Crippen LogP contribution in [-0.4, -0.2) is 14.8 Å². The number of anilines is 1. The number of hydrogen-bond donors (Lipinski definition) is 2. The maximum absolute atomic E-state index is 13.8. The highest BCUT2D eigenvalue weighted by Crippen LogP contribution is 2.60. The predicted octanol–water partition coefficient (Wildman–Crippen LogP) is 4.62. The standard InChI is InChI=1S/C19H23FN4S/c20-15-3-1-2-4-16(15)21-11-24-18(25)22-17(23-24)19-8-12-5-13(9-19)7-14(6-12)10-19/h1-4,12-14,21H,5-11H2,(H,22,23,25). The van der Waals surface area contributed by atoms with Crippen molar-refractivity contribution >= 4 is 17.9 Å². The number of aromatic amines is 1. The van der Waals surface area contributed by atoms with Gasteiger partial charge < -0.3 is 5.32 Å². The molecule has 4 aliphatic carbocycles. The molecule has 1 heterocycles. The maximum atomic E-state index is 13.8. The van der Waals surface area contributed by atoms with Gasteiger partial charge in [0.1, 0.15) is 18.3 Å². The predicted molar refractivity (Wildman–Crippen MR) is 97.3 cm³/mol. The SMILES string of the molecule is Fc1ccccc1NCn1[nH]c(C23CC4CC(CC(C4)C2)C3)nc1=S. The van der Waals surface area contributed by atoms with E-state index in [2.05, 4.69) is 10.4 Å². The fourth-order valence-electron chi connectivity index (χ4n) is 5.87. The molecule has 132 valence electrons. The average Bonchev–Trinajstić information content (AvgIpc) is 2.95. The zero-order valence-electron chi connectivity index (χ0n) is 14.2. The summed E-state index contributed by atoms with van der Waals surface area (Å²) >= 11 is 5.46. The number of para-hydroxylation sites is 1. The van der Waals surface area contributed by atoms with Gasteiger partial charge in [0, 0.05) is 5.41 Å². The van der Waals surface area contributed by atoms with Crippen LogP contribution in [0.1, 0.15) is 44.3 Å². The smallest absolute Gasteiger partial charge is 0.217 e. The summed E-state index contributed by atoms with van der Waals surface area (Å²) in [5.41, 5.74) is 0.682. The summed E-state index contributed by atoms with van der Waals surface area (Å²) in [6, 6.07) is 6.69. The lowest BCUT2D eigenvalue weighted by molar-refractivity contribution is -0.00944. The van der Waals surface area contributed by atoms with Crippen LogP contribution in [0.2, 0.25) is 0 Å². The summed E-state index contributed by atoms with van der Waals surface area (Å²) < 4.78 is 16.2. The van der Waals surface area contributed by atoms with Gasteiger partial charge in [0.05, 0.1) is 5.69 Å². The number of nitrogens with zero attached hydrogens (tertiary/aromatic N) is 2. The van der Waals surface area contributed by atoms with E-state index in [1.54, 1.807) is 12.1 Å². The van der Waals surface area contributed by atoms with E-state index in [0.717, 1.165) is 23.6 Å². The van der Waals surface area contributed by atoms with Crippen molar-refractivity contribution in [2.75, 3.05) is 5.32 Å². The number of H-pyrrole nitrogens is 1. The Labute approximate surface area is 151 Å². The van der Waals surface area contributed by atoms with Gasteiger partial charge in [0.2, 0.25) is 4.77 Å². The maximum Gasteiger partial charge on any atom is 0.217 e. The first kappa shape index (κ1) is 15.6. The van der Waals surface area contributed by atoms with Crippen LogP contribution < -0.4 is 5.32 Å². The molecule has 2 N–H and O–H groups in total. The molecule has 6 rings (SSSR count). The number of aromatic nitrogens is 3. The van der Waals surface area contributed by atoms with Crippen LogP contribution in [0, 0.1) is 28.3 Å². The number of hydrogen-bond acceptors (Lipinski definition) is 3. The zero-order chi connectivity index (χ0) is 17.0. The summed E-state index contributed by atoms with van der Waals surface area (Å²) in [6.45, 7) is 0.402. The van der Waals surface area contributed by atoms with Crippen LogP contribution >= 0.6 is 12.2 Å². The van der Waals surface area contributed by atoms with E-state index in [0.29, 0.717) is 17.1 Å². The lowest BCUT2D eigenvalue weighted by Crippen LogP contribution is -2.49. The topological polar surface area (TPSA) is 45.6 Å². The second kappa shape index (κ2) is 5.66. The molecule has 4 nitrogen and oxygen atoms in total. The van der Waals surface area contributed by atoms with Crippen LogP contribution in [0.25, 0.3) is 0 Å². The van der Waals surface area contributed by atoms with E-state index in [4.69, 9.17) is 17.2 Å². The quantitative estimate of drug-likeness (QED) is 0.784. The van der Waals surface area contributed by atoms with Gasteiger partial charge in [0.25, 0.3) is 0 Å². The van der Waals surface area contributed by atoms with Crippen LogP contribution in [-0.2, 0) is 12.1 Å². The van der Waals surface area contributed by atoms with Crippen molar-refractivity contribution < 1.29 is 4.39 Å². The molecule has 0 aliphatic heterocycles. The van der Waals surface area contributed by atoms with E-state index in [9.17, 15) is 4.39 Å². The van der Waals surface area contributed by atoms with Crippen molar-refractivity contribution in [3.8, 4) is 0 Å². The Hall–Kier alpha value is -1.69. The molecule has 4 fully saturated rings. The van der Waals surface area contributed by atoms with Gasteiger partial charge in [-0.3, -0.25) is 5.10 Å². The van der Waals surface area contributed by atoms with Gasteiger partial charge in [-0.1, -0.05) is 12.1 Å². The van der Waals surface area contributed by atoms with Crippen molar-refractivity contribution in [1.29, 1.82) is 0 Å². The summed E-state index contributed by atoms with van der Waals surface area (Å²) in [7, 11) is 0. The normalized spacial score (nSPS) is 32.9. The van der Waals surface area contributed by atoms with Gasteiger partial charge in [-0.05, 0) is 80.6 Å². The Kier molecular flexibility index (Phi) is 3.52. The van der Waals surface area contributed by atoms with Gasteiger partial charge in [0.15, 0.2) is 0 Å². The fraction of sp³-hybridized carbons (Fsp3) is 0.579. The Morgan fingerprint density at radius 2 is 1.80 bits per heavy atom. The van der Waals surface area contributed by atoms with E-state index in [1.807, 2.05) is 10.7 Å². The van der Waals surface area contributed by atoms with Crippen molar-refractivity contribution in [1.82, 2.24) is 14.8 Å². The van der Waals surface area contributed by atoms with Crippen LogP contribution in [0.3, 0.4) is 0 Å². The molecule has 6 heteroatoms. The van der Waals surface area contributed by atoms with E-state index < -0.39 is 0 Å². The van der Waals surface area contributed by atoms with Crippen LogP contribution in [0.15, 0.2) is 24.3 Å². The highest BCUT2D eigenvalue weighted by atomic mass is 32.1. The van der Waals surface area contributed by atoms with E-state index in [-0.39, 0.29) is 11.2 Å². The number of rotatable bonds is 4. The van der Waals surface area contributed by atoms with Crippen molar-refractivity contribution in [3.63, 3.8) is 0 Å². The summed E-state index contributed by atoms with van der Waals surface area (Å²) in [5.74, 6) is 3.42. The molecule has 0 atom stereocenters. The molecule has 0 saturated heterocycles. The first-order valence-corrected chi connectivity index (χ1v) is 9.68. The largest absolute Gasteiger partial charge is 0.364 e. The Morgan fingerprint density at radius 3 is 2.44 bits per heavy atom. The Bertz CT molecular complexity index is 820. The second-order valence-corrected chi connectivity index (χ2v) is 8.66. The van der Waals surface area contributed by atoms with Crippen molar-refractivity contribution in [2.45, 2.75) is 50.6 Å². The van der Waals surface area contributed by atoms with Gasteiger partial charge in [-0.2, -0.15) is 0 Å². The molecule has 4 aliphatic rings. The Balaban J connectivity index is 1.39. The summed E-state index contributed by atoms with van der Waals surface area (Å²) in [4.78, 5) is 4.72. The third-order valence-electron chi connectivity index (χ3n) is 6.52. The minimum atomic E-state index is -0.255. The lowest BCUT2D eigenvalue weighted by atomic mass is 9.49. The average molecular weight is 358 g/mol. The van der Waals surface area contributed by atoms with E-state index >= 15 is 0 Å². The van der Waals surface area contributed by atoms with Crippen molar-refractivity contribution in [2.24, 2.45) is 17.8 Å². The molecule has 0 amide bonds. The second-order valence-electron chi connectivity index (χ2n) is 8.30. The minimum Gasteiger partial charge on any atom is -0.364 e. The lowest BCUT2D eigenvalue weighted by Gasteiger charge is -2.55. The minimum absolute atomic E-state index is 0.200. The number of halogens is 1. The van der Waals surface area contributed by atoms with Gasteiger partial charge in [-0.25, -0.2) is 14.1 Å². The Morgan fingerprint density at radius 1 is 1.16 bits per heavy atom. The third-order valence-corrected chi connectivity index (χ3v) is 6.83. The highest BCUT2D eigenvalue weighted by Gasteiger charge is 2.53. The van der Waals surface area contributed by atoms with Crippen molar-refractivity contribution in [3.05, 3.63) is 40.7 Å². The fourth-order valence-corrected chi connectivity index (χ4v) is 6.07.